The second-order valence-electron chi connectivity index (χ2n) is 4.69. The number of piperazine rings is 1. The van der Waals surface area contributed by atoms with E-state index in [1.807, 2.05) is 6.34 Å². The Hall–Kier alpha value is -1.36. The van der Waals surface area contributed by atoms with Gasteiger partial charge in [-0.15, -0.1) is 0 Å². The molecule has 5 nitrogen and oxygen atoms in total. The molecule has 0 spiro atoms. The van der Waals surface area contributed by atoms with Gasteiger partial charge >= 0.3 is 0 Å². The molecule has 1 fully saturated rings. The van der Waals surface area contributed by atoms with E-state index >= 15 is 0 Å². The molecule has 0 aromatic carbocycles. The Morgan fingerprint density at radius 3 is 3.00 bits per heavy atom. The Labute approximate surface area is 102 Å². The van der Waals surface area contributed by atoms with E-state index < -0.39 is 0 Å². The molecule has 1 saturated heterocycles. The van der Waals surface area contributed by atoms with E-state index in [2.05, 4.69) is 33.1 Å². The fourth-order valence-electron chi connectivity index (χ4n) is 2.42. The van der Waals surface area contributed by atoms with Crippen LogP contribution in [0.4, 0.5) is 0 Å². The first-order valence-corrected chi connectivity index (χ1v) is 6.43. The average molecular weight is 233 g/mol. The van der Waals surface area contributed by atoms with Gasteiger partial charge in [0, 0.05) is 38.8 Å². The van der Waals surface area contributed by atoms with E-state index in [1.54, 1.807) is 0 Å². The van der Waals surface area contributed by atoms with Crippen LogP contribution in [0, 0.1) is 0 Å². The van der Waals surface area contributed by atoms with Gasteiger partial charge in [0.05, 0.1) is 12.4 Å². The zero-order chi connectivity index (χ0) is 11.7. The molecule has 3 aliphatic heterocycles. The summed E-state index contributed by atoms with van der Waals surface area (Å²) in [7, 11) is 0. The molecule has 1 atom stereocenters. The largest absolute Gasteiger partial charge is 0.354 e. The zero-order valence-electron chi connectivity index (χ0n) is 10.3. The highest BCUT2D eigenvalue weighted by molar-refractivity contribution is 6.03. The van der Waals surface area contributed by atoms with Crippen LogP contribution in [-0.2, 0) is 0 Å². The van der Waals surface area contributed by atoms with Crippen molar-refractivity contribution in [3.05, 3.63) is 11.9 Å². The third-order valence-corrected chi connectivity index (χ3v) is 3.52. The molecule has 0 amide bonds. The van der Waals surface area contributed by atoms with Gasteiger partial charge in [0.25, 0.3) is 0 Å². The molecular formula is C12H19N5. The number of rotatable bonds is 2. The first-order chi connectivity index (χ1) is 8.36. The van der Waals surface area contributed by atoms with Crippen LogP contribution < -0.4 is 5.32 Å². The summed E-state index contributed by atoms with van der Waals surface area (Å²) in [6.07, 6.45) is 5.16. The minimum atomic E-state index is 0.440. The average Bonchev–Trinajstić information content (AvgIpc) is 2.81. The van der Waals surface area contributed by atoms with Gasteiger partial charge in [0.2, 0.25) is 0 Å². The van der Waals surface area contributed by atoms with Crippen LogP contribution in [0.25, 0.3) is 0 Å². The predicted octanol–water partition coefficient (Wildman–Crippen LogP) is 0.268. The number of amidine groups is 1. The topological polar surface area (TPSA) is 43.2 Å². The van der Waals surface area contributed by atoms with E-state index in [4.69, 9.17) is 4.99 Å². The number of hydrogen-bond donors (Lipinski definition) is 1. The van der Waals surface area contributed by atoms with Gasteiger partial charge < -0.3 is 15.1 Å². The van der Waals surface area contributed by atoms with E-state index in [9.17, 15) is 0 Å². The quantitative estimate of drug-likeness (QED) is 0.744. The first-order valence-electron chi connectivity index (χ1n) is 6.43. The minimum Gasteiger partial charge on any atom is -0.354 e. The van der Waals surface area contributed by atoms with Crippen molar-refractivity contribution in [1.82, 2.24) is 15.1 Å². The summed E-state index contributed by atoms with van der Waals surface area (Å²) in [5.74, 6) is 2.15. The Morgan fingerprint density at radius 1 is 1.41 bits per heavy atom. The second-order valence-corrected chi connectivity index (χ2v) is 4.69. The third-order valence-electron chi connectivity index (χ3n) is 3.52. The highest BCUT2D eigenvalue weighted by Gasteiger charge is 2.25. The molecule has 17 heavy (non-hydrogen) atoms. The maximum atomic E-state index is 4.71. The van der Waals surface area contributed by atoms with Crippen LogP contribution >= 0.6 is 0 Å². The molecule has 3 aliphatic rings. The lowest BCUT2D eigenvalue weighted by Gasteiger charge is -2.31. The summed E-state index contributed by atoms with van der Waals surface area (Å²) in [6, 6.07) is 0.440. The van der Waals surface area contributed by atoms with Crippen molar-refractivity contribution in [2.75, 3.05) is 32.7 Å². The Kier molecular flexibility index (Phi) is 2.84. The van der Waals surface area contributed by atoms with Crippen LogP contribution in [0.2, 0.25) is 0 Å². The van der Waals surface area contributed by atoms with Crippen molar-refractivity contribution in [3.8, 4) is 0 Å². The molecule has 3 heterocycles. The first kappa shape index (κ1) is 10.8. The highest BCUT2D eigenvalue weighted by atomic mass is 15.3. The molecule has 1 N–H and O–H groups in total. The summed E-state index contributed by atoms with van der Waals surface area (Å²) in [5, 5.41) is 3.35. The molecule has 0 aromatic heterocycles. The van der Waals surface area contributed by atoms with Crippen molar-refractivity contribution in [1.29, 1.82) is 0 Å². The molecule has 3 rings (SSSR count). The molecule has 0 unspecified atom stereocenters. The van der Waals surface area contributed by atoms with E-state index in [0.29, 0.717) is 6.04 Å². The van der Waals surface area contributed by atoms with Gasteiger partial charge in [-0.05, 0) is 6.42 Å². The lowest BCUT2D eigenvalue weighted by atomic mass is 10.2. The zero-order valence-corrected chi connectivity index (χ0v) is 10.3. The minimum absolute atomic E-state index is 0.440. The lowest BCUT2D eigenvalue weighted by Crippen LogP contribution is -2.43. The highest BCUT2D eigenvalue weighted by Crippen LogP contribution is 2.18. The molecule has 0 radical (unpaired) electrons. The summed E-state index contributed by atoms with van der Waals surface area (Å²) >= 11 is 0. The predicted molar refractivity (Wildman–Crippen MR) is 69.2 cm³/mol. The Balaban J connectivity index is 1.76. The van der Waals surface area contributed by atoms with Crippen LogP contribution in [0.3, 0.4) is 0 Å². The van der Waals surface area contributed by atoms with Gasteiger partial charge in [0.1, 0.15) is 11.7 Å². The van der Waals surface area contributed by atoms with Crippen LogP contribution in [-0.4, -0.2) is 60.7 Å². The molecule has 0 saturated carbocycles. The number of nitrogens with zero attached hydrogens (tertiary/aromatic N) is 4. The molecule has 0 aliphatic carbocycles. The van der Waals surface area contributed by atoms with Crippen LogP contribution in [0.15, 0.2) is 21.9 Å². The van der Waals surface area contributed by atoms with Gasteiger partial charge in [-0.25, -0.2) is 4.99 Å². The van der Waals surface area contributed by atoms with Gasteiger partial charge in [-0.2, -0.15) is 0 Å². The van der Waals surface area contributed by atoms with Crippen molar-refractivity contribution >= 4 is 12.2 Å². The number of hydrogen-bond acceptors (Lipinski definition) is 5. The summed E-state index contributed by atoms with van der Waals surface area (Å²) in [6.45, 7) is 7.33. The number of fused-ring (bicyclic) bond motifs is 1. The Morgan fingerprint density at radius 2 is 2.24 bits per heavy atom. The van der Waals surface area contributed by atoms with Crippen molar-refractivity contribution in [2.45, 2.75) is 19.4 Å². The Bertz CT molecular complexity index is 378. The van der Waals surface area contributed by atoms with Crippen molar-refractivity contribution in [2.24, 2.45) is 9.98 Å². The fraction of sp³-hybridized carbons (Fsp3) is 0.667. The van der Waals surface area contributed by atoms with Gasteiger partial charge in [0.15, 0.2) is 0 Å². The smallest absolute Gasteiger partial charge is 0.134 e. The van der Waals surface area contributed by atoms with Crippen molar-refractivity contribution in [3.63, 3.8) is 0 Å². The second kappa shape index (κ2) is 4.49. The third kappa shape index (κ3) is 2.07. The lowest BCUT2D eigenvalue weighted by molar-refractivity contribution is 0.296. The molecule has 0 aromatic rings. The van der Waals surface area contributed by atoms with E-state index in [1.165, 1.54) is 0 Å². The van der Waals surface area contributed by atoms with E-state index in [-0.39, 0.29) is 0 Å². The van der Waals surface area contributed by atoms with Gasteiger partial charge in [-0.1, -0.05) is 6.92 Å². The maximum Gasteiger partial charge on any atom is 0.134 e. The van der Waals surface area contributed by atoms with Crippen LogP contribution in [0.5, 0.6) is 0 Å². The normalized spacial score (nSPS) is 27.9. The monoisotopic (exact) mass is 233 g/mol. The molecule has 5 heteroatoms. The SMILES string of the molecule is CC[C@@H]1CN2C=NC(N3CCNCC3)=CC2=N1. The van der Waals surface area contributed by atoms with Crippen molar-refractivity contribution < 1.29 is 0 Å². The van der Waals surface area contributed by atoms with Gasteiger partial charge in [-0.3, -0.25) is 4.99 Å². The molecular weight excluding hydrogens is 214 g/mol. The van der Waals surface area contributed by atoms with E-state index in [0.717, 1.165) is 50.8 Å². The standard InChI is InChI=1S/C12H19N5/c1-2-10-8-17-9-14-11(7-12(17)15-10)16-5-3-13-4-6-16/h7,9-10,13H,2-6,8H2,1H3/t10-/m1/s1. The molecule has 0 bridgehead atoms. The molecule has 92 valence electrons. The van der Waals surface area contributed by atoms with Crippen LogP contribution in [0.1, 0.15) is 13.3 Å². The fourth-order valence-corrected chi connectivity index (χ4v) is 2.42. The summed E-state index contributed by atoms with van der Waals surface area (Å²) in [5.41, 5.74) is 0. The summed E-state index contributed by atoms with van der Waals surface area (Å²) in [4.78, 5) is 13.7. The summed E-state index contributed by atoms with van der Waals surface area (Å²) < 4.78 is 0. The number of aliphatic imine (C=N–C) groups is 2. The number of nitrogens with one attached hydrogen (secondary N) is 1. The maximum absolute atomic E-state index is 4.71.